The second-order valence-electron chi connectivity index (χ2n) is 8.58. The molecule has 0 rings (SSSR count). The van der Waals surface area contributed by atoms with Crippen LogP contribution in [0, 0.1) is 0 Å². The van der Waals surface area contributed by atoms with Gasteiger partial charge in [-0.3, -0.25) is 4.79 Å². The van der Waals surface area contributed by atoms with Gasteiger partial charge in [0.15, 0.2) is 0 Å². The van der Waals surface area contributed by atoms with Crippen LogP contribution < -0.4 is 0 Å². The second-order valence-corrected chi connectivity index (χ2v) is 17.9. The zero-order chi connectivity index (χ0) is 27.9. The van der Waals surface area contributed by atoms with Crippen molar-refractivity contribution in [2.24, 2.45) is 0 Å². The van der Waals surface area contributed by atoms with E-state index in [1.165, 1.54) is 0 Å². The quantitative estimate of drug-likeness (QED) is 0.179. The summed E-state index contributed by atoms with van der Waals surface area (Å²) in [5.41, 5.74) is -0.487. The number of rotatable bonds is 22. The van der Waals surface area contributed by atoms with Gasteiger partial charge in [-0.1, -0.05) is 0 Å². The fourth-order valence-electron chi connectivity index (χ4n) is 4.99. The fraction of sp³-hybridized carbons (Fsp3) is 0.955. The van der Waals surface area contributed by atoms with Crippen LogP contribution in [-0.4, -0.2) is 113 Å². The number of nitrogens with zero attached hydrogens (tertiary/aromatic N) is 1. The first-order chi connectivity index (χ1) is 17.1. The molecule has 14 heteroatoms. The summed E-state index contributed by atoms with van der Waals surface area (Å²) in [6.45, 7) is 4.18. The van der Waals surface area contributed by atoms with Gasteiger partial charge in [-0.05, 0) is 39.0 Å². The number of hydrogen-bond acceptors (Lipinski definition) is 10. The Morgan fingerprint density at radius 3 is 1.14 bits per heavy atom. The van der Waals surface area contributed by atoms with Gasteiger partial charge in [-0.15, -0.1) is 0 Å². The molecule has 1 amide bonds. The van der Waals surface area contributed by atoms with E-state index in [-0.39, 0.29) is 5.91 Å². The minimum Gasteiger partial charge on any atom is -0.377 e. The first-order valence-corrected chi connectivity index (χ1v) is 18.1. The van der Waals surface area contributed by atoms with Crippen molar-refractivity contribution in [3.8, 4) is 0 Å². The highest BCUT2D eigenvalue weighted by molar-refractivity contribution is 6.61. The van der Waals surface area contributed by atoms with Gasteiger partial charge in [-0.25, -0.2) is 0 Å². The summed E-state index contributed by atoms with van der Waals surface area (Å²) in [6, 6.07) is 1.81. The van der Waals surface area contributed by atoms with Crippen LogP contribution in [0.25, 0.3) is 0 Å². The minimum atomic E-state index is -2.88. The van der Waals surface area contributed by atoms with Crippen molar-refractivity contribution in [1.82, 2.24) is 4.90 Å². The van der Waals surface area contributed by atoms with Gasteiger partial charge < -0.3 is 44.7 Å². The molecule has 36 heavy (non-hydrogen) atoms. The zero-order valence-corrected chi connectivity index (χ0v) is 27.4. The van der Waals surface area contributed by atoms with E-state index in [1.54, 1.807) is 70.9 Å². The van der Waals surface area contributed by atoms with Gasteiger partial charge >= 0.3 is 26.4 Å². The molecule has 216 valence electrons. The van der Waals surface area contributed by atoms with Crippen molar-refractivity contribution in [1.29, 1.82) is 0 Å². The van der Waals surface area contributed by atoms with E-state index in [0.717, 1.165) is 12.8 Å². The lowest BCUT2D eigenvalue weighted by atomic mass is 9.83. The maximum absolute atomic E-state index is 12.9. The van der Waals surface area contributed by atoms with E-state index < -0.39 is 32.0 Å². The van der Waals surface area contributed by atoms with Crippen LogP contribution in [-0.2, 0) is 44.6 Å². The SMILES string of the molecule is CCN(C(C)=O)C(CCC[Si](OC)(OC)OC)(CCC[Si](OC)(OC)OC)CC[Si](OC)(OC)OC. The predicted octanol–water partition coefficient (Wildman–Crippen LogP) is 3.18. The molecule has 0 unspecified atom stereocenters. The van der Waals surface area contributed by atoms with Crippen LogP contribution >= 0.6 is 0 Å². The summed E-state index contributed by atoms with van der Waals surface area (Å²) in [7, 11) is 6.07. The molecular weight excluding hydrogens is 522 g/mol. The molecule has 0 saturated carbocycles. The maximum atomic E-state index is 12.9. The molecule has 11 nitrogen and oxygen atoms in total. The van der Waals surface area contributed by atoms with E-state index >= 15 is 0 Å². The average molecular weight is 574 g/mol. The zero-order valence-electron chi connectivity index (χ0n) is 24.4. The first kappa shape index (κ1) is 35.8. The monoisotopic (exact) mass is 573 g/mol. The van der Waals surface area contributed by atoms with Crippen LogP contribution in [0.1, 0.15) is 46.0 Å². The summed E-state index contributed by atoms with van der Waals surface area (Å²) in [4.78, 5) is 14.9. The van der Waals surface area contributed by atoms with Crippen molar-refractivity contribution in [2.45, 2.75) is 69.6 Å². The van der Waals surface area contributed by atoms with Crippen LogP contribution in [0.5, 0.6) is 0 Å². The molecule has 0 radical (unpaired) electrons. The first-order valence-electron chi connectivity index (χ1n) is 12.3. The molecule has 0 aliphatic rings. The van der Waals surface area contributed by atoms with E-state index in [2.05, 4.69) is 0 Å². The summed E-state index contributed by atoms with van der Waals surface area (Å²) in [5, 5.41) is 0. The Balaban J connectivity index is 6.23. The van der Waals surface area contributed by atoms with Gasteiger partial charge in [0.25, 0.3) is 0 Å². The molecule has 0 aromatic rings. The molecule has 0 bridgehead atoms. The molecule has 0 heterocycles. The number of carbonyl (C=O) groups is 1. The van der Waals surface area contributed by atoms with E-state index in [9.17, 15) is 4.79 Å². The molecule has 0 saturated heterocycles. The topological polar surface area (TPSA) is 103 Å². The number of carbonyl (C=O) groups excluding carboxylic acids is 1. The molecule has 0 N–H and O–H groups in total. The Bertz CT molecular complexity index is 554. The molecular formula is C22H51NO10Si3. The maximum Gasteiger partial charge on any atom is 0.500 e. The Hall–Kier alpha value is -0.239. The largest absolute Gasteiger partial charge is 0.500 e. The Morgan fingerprint density at radius 2 is 0.889 bits per heavy atom. The molecule has 0 aliphatic carbocycles. The van der Waals surface area contributed by atoms with Crippen molar-refractivity contribution >= 4 is 32.3 Å². The highest BCUT2D eigenvalue weighted by Gasteiger charge is 2.46. The van der Waals surface area contributed by atoms with Crippen molar-refractivity contribution < 1.29 is 44.6 Å². The van der Waals surface area contributed by atoms with Gasteiger partial charge in [-0.2, -0.15) is 0 Å². The molecule has 0 atom stereocenters. The van der Waals surface area contributed by atoms with Crippen molar-refractivity contribution in [2.75, 3.05) is 70.5 Å². The summed E-state index contributed by atoms with van der Waals surface area (Å²) in [5.74, 6) is 0.0134. The third-order valence-electron chi connectivity index (χ3n) is 7.21. The Morgan fingerprint density at radius 1 is 0.583 bits per heavy atom. The lowest BCUT2D eigenvalue weighted by Crippen LogP contribution is -2.54. The molecule has 0 aliphatic heterocycles. The molecule has 0 fully saturated rings. The normalized spacial score (nSPS) is 13.3. The Kier molecular flexibility index (Phi) is 17.3. The van der Waals surface area contributed by atoms with Gasteiger partial charge in [0.1, 0.15) is 0 Å². The number of amides is 1. The van der Waals surface area contributed by atoms with Gasteiger partial charge in [0.05, 0.1) is 0 Å². The second kappa shape index (κ2) is 17.4. The van der Waals surface area contributed by atoms with Gasteiger partial charge in [0.2, 0.25) is 5.91 Å². The molecule has 0 spiro atoms. The predicted molar refractivity (Wildman–Crippen MR) is 144 cm³/mol. The van der Waals surface area contributed by atoms with Crippen LogP contribution in [0.15, 0.2) is 0 Å². The lowest BCUT2D eigenvalue weighted by molar-refractivity contribution is -0.136. The van der Waals surface area contributed by atoms with E-state index in [4.69, 9.17) is 39.8 Å². The lowest BCUT2D eigenvalue weighted by Gasteiger charge is -2.45. The Labute approximate surface area is 222 Å². The van der Waals surface area contributed by atoms with Crippen molar-refractivity contribution in [3.05, 3.63) is 0 Å². The fourth-order valence-corrected chi connectivity index (χ4v) is 10.3. The summed E-state index contributed by atoms with van der Waals surface area (Å²) in [6.07, 6.45) is 3.57. The summed E-state index contributed by atoms with van der Waals surface area (Å²) < 4.78 is 51.0. The van der Waals surface area contributed by atoms with E-state index in [1.807, 2.05) is 11.8 Å². The highest BCUT2D eigenvalue weighted by atomic mass is 28.4. The standard InChI is InChI=1S/C22H51NO10Si3/c1-12-23(21(2)24)22(17-20-36(31-9,32-10)33-11,15-13-18-34(25-3,26-4)27-5)16-14-19-35(28-6,29-7)30-8/h12-20H2,1-11H3. The van der Waals surface area contributed by atoms with Gasteiger partial charge in [0, 0.05) is 101 Å². The highest BCUT2D eigenvalue weighted by Crippen LogP contribution is 2.38. The van der Waals surface area contributed by atoms with Crippen LogP contribution in [0.3, 0.4) is 0 Å². The minimum absolute atomic E-state index is 0.0134. The third kappa shape index (κ3) is 9.50. The average Bonchev–Trinajstić information content (AvgIpc) is 2.91. The smallest absolute Gasteiger partial charge is 0.377 e. The summed E-state index contributed by atoms with van der Waals surface area (Å²) >= 11 is 0. The van der Waals surface area contributed by atoms with Crippen molar-refractivity contribution in [3.63, 3.8) is 0 Å². The van der Waals surface area contributed by atoms with Crippen LogP contribution in [0.2, 0.25) is 18.1 Å². The van der Waals surface area contributed by atoms with E-state index in [0.29, 0.717) is 43.9 Å². The molecule has 0 aromatic heterocycles. The third-order valence-corrected chi connectivity index (χ3v) is 15.6. The molecule has 0 aromatic carbocycles. The number of hydrogen-bond donors (Lipinski definition) is 0. The van der Waals surface area contributed by atoms with Crippen LogP contribution in [0.4, 0.5) is 0 Å².